The summed E-state index contributed by atoms with van der Waals surface area (Å²) in [5.74, 6) is 0.759. The fourth-order valence-corrected chi connectivity index (χ4v) is 2.96. The Labute approximate surface area is 136 Å². The van der Waals surface area contributed by atoms with Gasteiger partial charge in [-0.25, -0.2) is 0 Å². The summed E-state index contributed by atoms with van der Waals surface area (Å²) in [6, 6.07) is 5.53. The van der Waals surface area contributed by atoms with Crippen LogP contribution in [0.1, 0.15) is 31.1 Å². The van der Waals surface area contributed by atoms with Crippen LogP contribution in [0, 0.1) is 0 Å². The van der Waals surface area contributed by atoms with Gasteiger partial charge in [0.05, 0.1) is 17.8 Å². The van der Waals surface area contributed by atoms with Crippen molar-refractivity contribution in [2.24, 2.45) is 0 Å². The molecule has 23 heavy (non-hydrogen) atoms. The number of likely N-dealkylation sites (N-methyl/N-ethyl adjacent to an activating group) is 1. The van der Waals surface area contributed by atoms with Gasteiger partial charge in [-0.05, 0) is 38.6 Å². The number of amides is 1. The quantitative estimate of drug-likeness (QED) is 0.870. The lowest BCUT2D eigenvalue weighted by Crippen LogP contribution is -2.48. The molecule has 1 aliphatic rings. The van der Waals surface area contributed by atoms with Gasteiger partial charge in [-0.1, -0.05) is 6.92 Å². The predicted molar refractivity (Wildman–Crippen MR) is 90.0 cm³/mol. The molecule has 5 heteroatoms. The van der Waals surface area contributed by atoms with Crippen molar-refractivity contribution in [3.8, 4) is 5.75 Å². The van der Waals surface area contributed by atoms with Crippen molar-refractivity contribution in [3.63, 3.8) is 0 Å². The van der Waals surface area contributed by atoms with E-state index in [-0.39, 0.29) is 12.0 Å². The van der Waals surface area contributed by atoms with Crippen LogP contribution in [0.25, 0.3) is 11.0 Å². The predicted octanol–water partition coefficient (Wildman–Crippen LogP) is 3.00. The van der Waals surface area contributed by atoms with Crippen LogP contribution in [0.2, 0.25) is 0 Å². The first kappa shape index (κ1) is 15.9. The van der Waals surface area contributed by atoms with Gasteiger partial charge in [0.15, 0.2) is 0 Å². The maximum atomic E-state index is 12.8. The number of nitrogens with zero attached hydrogens (tertiary/aromatic N) is 2. The molecule has 2 aromatic rings. The molecule has 0 spiro atoms. The molecule has 1 fully saturated rings. The zero-order chi connectivity index (χ0) is 16.4. The third-order valence-corrected chi connectivity index (χ3v) is 4.25. The van der Waals surface area contributed by atoms with Crippen LogP contribution >= 0.6 is 0 Å². The number of furan rings is 1. The van der Waals surface area contributed by atoms with E-state index in [0.717, 1.165) is 38.1 Å². The van der Waals surface area contributed by atoms with Crippen LogP contribution in [-0.2, 0) is 0 Å². The molecule has 0 saturated carbocycles. The van der Waals surface area contributed by atoms with E-state index in [1.165, 1.54) is 0 Å². The van der Waals surface area contributed by atoms with Gasteiger partial charge < -0.3 is 19.0 Å². The van der Waals surface area contributed by atoms with Crippen LogP contribution in [-0.4, -0.2) is 54.5 Å². The Morgan fingerprint density at radius 1 is 1.26 bits per heavy atom. The highest BCUT2D eigenvalue weighted by molar-refractivity contribution is 5.99. The van der Waals surface area contributed by atoms with E-state index in [1.807, 2.05) is 36.9 Å². The zero-order valence-electron chi connectivity index (χ0n) is 14.0. The summed E-state index contributed by atoms with van der Waals surface area (Å²) in [7, 11) is 0. The van der Waals surface area contributed by atoms with Gasteiger partial charge >= 0.3 is 0 Å². The van der Waals surface area contributed by atoms with Gasteiger partial charge in [-0.2, -0.15) is 0 Å². The van der Waals surface area contributed by atoms with E-state index < -0.39 is 0 Å². The lowest BCUT2D eigenvalue weighted by Gasteiger charge is -2.34. The van der Waals surface area contributed by atoms with Crippen LogP contribution in [0.15, 0.2) is 28.9 Å². The molecule has 124 valence electrons. The number of benzene rings is 1. The Morgan fingerprint density at radius 2 is 2.00 bits per heavy atom. The first-order valence-corrected chi connectivity index (χ1v) is 8.28. The second-order valence-corrected chi connectivity index (χ2v) is 6.20. The first-order valence-electron chi connectivity index (χ1n) is 8.28. The number of ether oxygens (including phenoxy) is 1. The maximum Gasteiger partial charge on any atom is 0.254 e. The molecule has 5 nitrogen and oxygen atoms in total. The monoisotopic (exact) mass is 316 g/mol. The molecule has 1 saturated heterocycles. The van der Waals surface area contributed by atoms with E-state index in [2.05, 4.69) is 11.8 Å². The molecule has 1 amide bonds. The Balaban J connectivity index is 1.85. The molecule has 0 atom stereocenters. The van der Waals surface area contributed by atoms with Crippen molar-refractivity contribution in [2.45, 2.75) is 26.9 Å². The smallest absolute Gasteiger partial charge is 0.254 e. The van der Waals surface area contributed by atoms with Gasteiger partial charge in [-0.3, -0.25) is 4.79 Å². The minimum absolute atomic E-state index is 0.0477. The van der Waals surface area contributed by atoms with Gasteiger partial charge in [0.1, 0.15) is 11.3 Å². The fraction of sp³-hybridized carbons (Fsp3) is 0.500. The molecule has 0 N–H and O–H groups in total. The number of hydrogen-bond acceptors (Lipinski definition) is 4. The van der Waals surface area contributed by atoms with Gasteiger partial charge in [0.25, 0.3) is 5.91 Å². The SMILES string of the molecule is CCN1CCN(C(=O)c2cc(OC(C)C)c3ccoc3c2)CC1. The van der Waals surface area contributed by atoms with Crippen molar-refractivity contribution in [3.05, 3.63) is 30.0 Å². The normalized spacial score (nSPS) is 16.3. The Morgan fingerprint density at radius 3 is 2.65 bits per heavy atom. The number of rotatable bonds is 4. The fourth-order valence-electron chi connectivity index (χ4n) is 2.96. The van der Waals surface area contributed by atoms with E-state index >= 15 is 0 Å². The summed E-state index contributed by atoms with van der Waals surface area (Å²) in [6.07, 6.45) is 1.68. The highest BCUT2D eigenvalue weighted by atomic mass is 16.5. The maximum absolute atomic E-state index is 12.8. The van der Waals surface area contributed by atoms with Crippen LogP contribution in [0.5, 0.6) is 5.75 Å². The molecule has 1 aromatic heterocycles. The highest BCUT2D eigenvalue weighted by Crippen LogP contribution is 2.30. The summed E-state index contributed by atoms with van der Waals surface area (Å²) in [6.45, 7) is 10.5. The second kappa shape index (κ2) is 6.62. The van der Waals surface area contributed by atoms with E-state index in [9.17, 15) is 4.79 Å². The summed E-state index contributed by atoms with van der Waals surface area (Å²) in [5, 5.41) is 0.908. The number of piperazine rings is 1. The summed E-state index contributed by atoms with van der Waals surface area (Å²) < 4.78 is 11.4. The van der Waals surface area contributed by atoms with Gasteiger partial charge in [-0.15, -0.1) is 0 Å². The number of hydrogen-bond donors (Lipinski definition) is 0. The number of fused-ring (bicyclic) bond motifs is 1. The number of carbonyl (C=O) groups is 1. The van der Waals surface area contributed by atoms with Gasteiger partial charge in [0.2, 0.25) is 0 Å². The molecule has 0 bridgehead atoms. The molecular formula is C18H24N2O3. The third-order valence-electron chi connectivity index (χ3n) is 4.25. The second-order valence-electron chi connectivity index (χ2n) is 6.20. The summed E-state index contributed by atoms with van der Waals surface area (Å²) >= 11 is 0. The molecule has 0 aliphatic carbocycles. The molecule has 3 rings (SSSR count). The Hall–Kier alpha value is -2.01. The van der Waals surface area contributed by atoms with Crippen molar-refractivity contribution in [2.75, 3.05) is 32.7 Å². The van der Waals surface area contributed by atoms with Crippen LogP contribution < -0.4 is 4.74 Å². The first-order chi connectivity index (χ1) is 11.1. The van der Waals surface area contributed by atoms with Crippen molar-refractivity contribution >= 4 is 16.9 Å². The Bertz CT molecular complexity index is 685. The topological polar surface area (TPSA) is 45.9 Å². The average molecular weight is 316 g/mol. The standard InChI is InChI=1S/C18H24N2O3/c1-4-19-6-8-20(9-7-19)18(21)14-11-16-15(5-10-22-16)17(12-14)23-13(2)3/h5,10-13H,4,6-9H2,1-3H3. The Kier molecular flexibility index (Phi) is 4.57. The third kappa shape index (κ3) is 3.34. The lowest BCUT2D eigenvalue weighted by molar-refractivity contribution is 0.0643. The van der Waals surface area contributed by atoms with E-state index in [0.29, 0.717) is 16.9 Å². The minimum Gasteiger partial charge on any atom is -0.490 e. The van der Waals surface area contributed by atoms with E-state index in [1.54, 1.807) is 6.26 Å². The zero-order valence-corrected chi connectivity index (χ0v) is 14.0. The number of carbonyl (C=O) groups excluding carboxylic acids is 1. The van der Waals surface area contributed by atoms with Crippen molar-refractivity contribution in [1.82, 2.24) is 9.80 Å². The summed E-state index contributed by atoms with van der Waals surface area (Å²) in [4.78, 5) is 17.1. The molecule has 1 aromatic carbocycles. The van der Waals surface area contributed by atoms with Crippen molar-refractivity contribution < 1.29 is 13.9 Å². The molecule has 1 aliphatic heterocycles. The molecule has 0 unspecified atom stereocenters. The molecule has 0 radical (unpaired) electrons. The molecule has 2 heterocycles. The van der Waals surface area contributed by atoms with Crippen LogP contribution in [0.4, 0.5) is 0 Å². The largest absolute Gasteiger partial charge is 0.490 e. The molecular weight excluding hydrogens is 292 g/mol. The highest BCUT2D eigenvalue weighted by Gasteiger charge is 2.23. The average Bonchev–Trinajstić information content (AvgIpc) is 3.02. The lowest BCUT2D eigenvalue weighted by atomic mass is 10.1. The minimum atomic E-state index is 0.0477. The van der Waals surface area contributed by atoms with Crippen molar-refractivity contribution in [1.29, 1.82) is 0 Å². The van der Waals surface area contributed by atoms with Gasteiger partial charge in [0, 0.05) is 31.7 Å². The van der Waals surface area contributed by atoms with E-state index in [4.69, 9.17) is 9.15 Å². The summed E-state index contributed by atoms with van der Waals surface area (Å²) in [5.41, 5.74) is 1.33. The van der Waals surface area contributed by atoms with Crippen LogP contribution in [0.3, 0.4) is 0 Å².